The van der Waals surface area contributed by atoms with Crippen LogP contribution < -0.4 is 21.1 Å². The number of aryl methyl sites for hydroxylation is 2. The van der Waals surface area contributed by atoms with E-state index in [1.54, 1.807) is 0 Å². The third kappa shape index (κ3) is 7.67. The van der Waals surface area contributed by atoms with E-state index in [1.165, 1.54) is 154 Å². The maximum Gasteiger partial charge on any atom is 0.200 e. The Kier molecular flexibility index (Phi) is 10.8. The van der Waals surface area contributed by atoms with E-state index in [9.17, 15) is 0 Å². The predicted molar refractivity (Wildman–Crippen MR) is 336 cm³/mol. The standard InChI is InChI=1S/C72H85BN2OS/c1-40-31-46(60-55(74-42-19-21-47-49(34-42)67(7,8)24-23-65(47,3)4)22-20-43-44-35-50-53(38-58(44)76-63(43)60)71(15,16)29-26-68(50,9)10)61-57(32-40)75(56-37-52-48(33-41(56)2)66(5,6)25-28-70(52,13)14)64-62(73-61)45-36-51-54(39-59(45)77-64)72(17,18)30-27-69(51,11)12/h19-22,31-39,73-74H,23-30H2,1-18H3. The van der Waals surface area contributed by atoms with Gasteiger partial charge in [0.05, 0.1) is 16.4 Å². The molecule has 6 aromatic carbocycles. The fourth-order valence-electron chi connectivity index (χ4n) is 15.5. The van der Waals surface area contributed by atoms with E-state index in [2.05, 4.69) is 214 Å². The molecular formula is C72H85BN2OS. The fraction of sp³-hybridized carbons (Fsp3) is 0.472. The number of fused-ring (bicyclic) bond motifs is 11. The number of anilines is 5. The molecule has 5 aliphatic rings. The average Bonchev–Trinajstić information content (AvgIpc) is 4.02. The minimum atomic E-state index is 0.0612. The molecule has 2 aromatic heterocycles. The van der Waals surface area contributed by atoms with Crippen molar-refractivity contribution in [3.63, 3.8) is 0 Å². The van der Waals surface area contributed by atoms with Gasteiger partial charge in [-0.15, -0.1) is 11.3 Å². The van der Waals surface area contributed by atoms with Crippen LogP contribution in [0.5, 0.6) is 0 Å². The first-order chi connectivity index (χ1) is 35.9. The Labute approximate surface area is 466 Å². The van der Waals surface area contributed by atoms with Gasteiger partial charge in [-0.1, -0.05) is 129 Å². The molecule has 398 valence electrons. The summed E-state index contributed by atoms with van der Waals surface area (Å²) in [6.07, 6.45) is 9.47. The van der Waals surface area contributed by atoms with E-state index >= 15 is 0 Å². The smallest absolute Gasteiger partial charge is 0.200 e. The van der Waals surface area contributed by atoms with Crippen molar-refractivity contribution in [1.29, 1.82) is 0 Å². The average molecular weight is 1040 g/mol. The Morgan fingerprint density at radius 1 is 0.455 bits per heavy atom. The summed E-state index contributed by atoms with van der Waals surface area (Å²) in [5, 5.41) is 9.35. The fourth-order valence-corrected chi connectivity index (χ4v) is 16.8. The van der Waals surface area contributed by atoms with E-state index in [0.29, 0.717) is 0 Å². The molecule has 8 aromatic rings. The number of hydrogen-bond acceptors (Lipinski definition) is 4. The van der Waals surface area contributed by atoms with Crippen LogP contribution in [0.25, 0.3) is 43.2 Å². The van der Waals surface area contributed by atoms with Crippen molar-refractivity contribution in [3.8, 4) is 11.1 Å². The third-order valence-corrected chi connectivity index (χ3v) is 22.5. The summed E-state index contributed by atoms with van der Waals surface area (Å²) in [6.45, 7) is 44.0. The molecule has 13 rings (SSSR count). The minimum absolute atomic E-state index is 0.0612. The number of nitrogens with zero attached hydrogens (tertiary/aromatic N) is 1. The Bertz CT molecular complexity index is 3860. The second-order valence-electron chi connectivity index (χ2n) is 30.6. The van der Waals surface area contributed by atoms with E-state index in [-0.39, 0.29) is 43.3 Å². The van der Waals surface area contributed by atoms with Crippen LogP contribution in [0.4, 0.5) is 27.8 Å². The number of nitrogens with one attached hydrogen (secondary N) is 1. The largest absolute Gasteiger partial charge is 0.455 e. The normalized spacial score (nSPS) is 21.4. The Morgan fingerprint density at radius 3 is 1.53 bits per heavy atom. The van der Waals surface area contributed by atoms with Crippen LogP contribution >= 0.6 is 11.3 Å². The lowest BCUT2D eigenvalue weighted by molar-refractivity contribution is 0.332. The Hall–Kier alpha value is -5.26. The molecule has 0 bridgehead atoms. The summed E-state index contributed by atoms with van der Waals surface area (Å²) in [7, 11) is 0.830. The van der Waals surface area contributed by atoms with E-state index in [4.69, 9.17) is 4.42 Å². The zero-order valence-corrected chi connectivity index (χ0v) is 50.9. The lowest BCUT2D eigenvalue weighted by atomic mass is 9.57. The summed E-state index contributed by atoms with van der Waals surface area (Å²) in [5.74, 6) is 0. The van der Waals surface area contributed by atoms with Crippen LogP contribution in [0.3, 0.4) is 0 Å². The highest BCUT2D eigenvalue weighted by Crippen LogP contribution is 2.56. The van der Waals surface area contributed by atoms with Crippen LogP contribution in [-0.4, -0.2) is 7.28 Å². The van der Waals surface area contributed by atoms with Gasteiger partial charge in [0.1, 0.15) is 11.2 Å². The van der Waals surface area contributed by atoms with Crippen molar-refractivity contribution in [2.75, 3.05) is 10.2 Å². The molecule has 5 heteroatoms. The van der Waals surface area contributed by atoms with Gasteiger partial charge >= 0.3 is 0 Å². The van der Waals surface area contributed by atoms with E-state index in [0.717, 1.165) is 41.8 Å². The molecule has 4 aliphatic carbocycles. The lowest BCUT2D eigenvalue weighted by Gasteiger charge is -2.43. The molecule has 3 nitrogen and oxygen atoms in total. The second kappa shape index (κ2) is 16.2. The number of thiophene rings is 1. The Morgan fingerprint density at radius 2 is 0.948 bits per heavy atom. The maximum atomic E-state index is 7.54. The first-order valence-electron chi connectivity index (χ1n) is 29.5. The molecular weight excluding hydrogens is 952 g/mol. The van der Waals surface area contributed by atoms with Gasteiger partial charge in [0.2, 0.25) is 7.28 Å². The molecule has 1 N–H and O–H groups in total. The van der Waals surface area contributed by atoms with Gasteiger partial charge < -0.3 is 14.6 Å². The number of furan rings is 1. The zero-order chi connectivity index (χ0) is 54.7. The zero-order valence-electron chi connectivity index (χ0n) is 50.1. The first-order valence-corrected chi connectivity index (χ1v) is 30.4. The molecule has 0 unspecified atom stereocenters. The number of benzene rings is 6. The molecule has 0 spiro atoms. The summed E-state index contributed by atoms with van der Waals surface area (Å²) >= 11 is 2.02. The maximum absolute atomic E-state index is 7.54. The molecule has 0 fully saturated rings. The van der Waals surface area contributed by atoms with Crippen LogP contribution in [0, 0.1) is 13.8 Å². The highest BCUT2D eigenvalue weighted by Gasteiger charge is 2.44. The van der Waals surface area contributed by atoms with Crippen molar-refractivity contribution < 1.29 is 4.42 Å². The summed E-state index contributed by atoms with van der Waals surface area (Å²) in [4.78, 5) is 2.73. The highest BCUT2D eigenvalue weighted by atomic mass is 32.1. The monoisotopic (exact) mass is 1040 g/mol. The lowest BCUT2D eigenvalue weighted by Crippen LogP contribution is -2.41. The molecule has 0 saturated carbocycles. The van der Waals surface area contributed by atoms with Crippen molar-refractivity contribution >= 4 is 89.3 Å². The molecule has 0 radical (unpaired) electrons. The minimum Gasteiger partial charge on any atom is -0.455 e. The van der Waals surface area contributed by atoms with Gasteiger partial charge in [0, 0.05) is 32.4 Å². The molecule has 3 heterocycles. The first kappa shape index (κ1) is 51.2. The van der Waals surface area contributed by atoms with Crippen LogP contribution in [0.15, 0.2) is 83.3 Å². The molecule has 0 atom stereocenters. The van der Waals surface area contributed by atoms with Gasteiger partial charge in [0.15, 0.2) is 0 Å². The molecule has 0 saturated heterocycles. The Balaban J connectivity index is 1.11. The van der Waals surface area contributed by atoms with Crippen LogP contribution in [-0.2, 0) is 43.3 Å². The summed E-state index contributed by atoms with van der Waals surface area (Å²) in [6, 6.07) is 32.4. The van der Waals surface area contributed by atoms with E-state index < -0.39 is 0 Å². The summed E-state index contributed by atoms with van der Waals surface area (Å²) < 4.78 is 8.94. The van der Waals surface area contributed by atoms with Gasteiger partial charge in [-0.2, -0.15) is 0 Å². The SMILES string of the molecule is Cc1cc(-c2c(Nc3ccc4c(c3)C(C)(C)CCC4(C)C)ccc3c2oc2cc4c(cc23)C(C)(C)CCC4(C)C)c2c(c1)N(c1cc3c(cc1C)C(C)(C)CCC3(C)C)c1sc3cc4c(cc3c1B2)C(C)(C)CCC4(C)C. The second-order valence-corrected chi connectivity index (χ2v) is 31.6. The van der Waals surface area contributed by atoms with Gasteiger partial charge in [-0.05, 0) is 247 Å². The van der Waals surface area contributed by atoms with Crippen LogP contribution in [0.2, 0.25) is 0 Å². The van der Waals surface area contributed by atoms with Crippen molar-refractivity contribution in [1.82, 2.24) is 0 Å². The molecule has 1 aliphatic heterocycles. The van der Waals surface area contributed by atoms with Gasteiger partial charge in [0.25, 0.3) is 0 Å². The van der Waals surface area contributed by atoms with Crippen molar-refractivity contribution in [2.24, 2.45) is 0 Å². The quantitative estimate of drug-likeness (QED) is 0.178. The highest BCUT2D eigenvalue weighted by molar-refractivity contribution is 7.25. The van der Waals surface area contributed by atoms with E-state index in [1.807, 2.05) is 11.3 Å². The predicted octanol–water partition coefficient (Wildman–Crippen LogP) is 19.4. The van der Waals surface area contributed by atoms with Gasteiger partial charge in [-0.3, -0.25) is 0 Å². The molecule has 77 heavy (non-hydrogen) atoms. The summed E-state index contributed by atoms with van der Waals surface area (Å²) in [5.41, 5.74) is 27.2. The topological polar surface area (TPSA) is 28.4 Å². The van der Waals surface area contributed by atoms with Crippen molar-refractivity contribution in [2.45, 2.75) is 219 Å². The van der Waals surface area contributed by atoms with Crippen LogP contribution in [0.1, 0.15) is 218 Å². The number of rotatable bonds is 4. The number of hydrogen-bond donors (Lipinski definition) is 1. The third-order valence-electron chi connectivity index (χ3n) is 21.3. The van der Waals surface area contributed by atoms with Gasteiger partial charge in [-0.25, -0.2) is 0 Å². The molecule has 0 amide bonds. The van der Waals surface area contributed by atoms with Crippen molar-refractivity contribution in [3.05, 3.63) is 134 Å².